The van der Waals surface area contributed by atoms with Crippen molar-refractivity contribution in [2.75, 3.05) is 16.2 Å². The summed E-state index contributed by atoms with van der Waals surface area (Å²) >= 11 is -2.31. The van der Waals surface area contributed by atoms with Crippen LogP contribution in [0, 0.1) is 5.92 Å². The third-order valence-electron chi connectivity index (χ3n) is 2.60. The van der Waals surface area contributed by atoms with E-state index in [2.05, 4.69) is 4.72 Å². The average Bonchev–Trinajstić information content (AvgIpc) is 2.34. The second kappa shape index (κ2) is 7.56. The molecule has 1 aromatic rings. The van der Waals surface area contributed by atoms with Gasteiger partial charge in [0.15, 0.2) is 0 Å². The molecule has 0 aliphatic heterocycles. The van der Waals surface area contributed by atoms with Gasteiger partial charge in [-0.3, -0.25) is 4.72 Å². The van der Waals surface area contributed by atoms with Crippen LogP contribution in [-0.4, -0.2) is 35.9 Å². The lowest BCUT2D eigenvalue weighted by Gasteiger charge is -2.25. The highest BCUT2D eigenvalue weighted by atomic mass is 32.2. The Kier molecular flexibility index (Phi) is 6.57. The molecule has 0 aliphatic carbocycles. The van der Waals surface area contributed by atoms with Gasteiger partial charge in [-0.2, -0.15) is 13.2 Å². The molecule has 126 valence electrons. The Morgan fingerprint density at radius 2 is 1.77 bits per heavy atom. The maximum Gasteiger partial charge on any atom is 0.437 e. The molecule has 1 N–H and O–H groups in total. The van der Waals surface area contributed by atoms with Gasteiger partial charge >= 0.3 is 6.18 Å². The van der Waals surface area contributed by atoms with E-state index in [0.717, 1.165) is 0 Å². The molecular weight excluding hydrogens is 339 g/mol. The third kappa shape index (κ3) is 6.45. The number of benzene rings is 1. The van der Waals surface area contributed by atoms with E-state index < -0.39 is 38.4 Å². The van der Waals surface area contributed by atoms with Crippen LogP contribution in [0.3, 0.4) is 0 Å². The molecule has 0 heterocycles. The third-order valence-corrected chi connectivity index (χ3v) is 6.19. The summed E-state index contributed by atoms with van der Waals surface area (Å²) in [6, 6.07) is 7.59. The van der Waals surface area contributed by atoms with Gasteiger partial charge in [-0.1, -0.05) is 32.0 Å². The van der Waals surface area contributed by atoms with Crippen LogP contribution in [0.1, 0.15) is 13.8 Å². The Hall–Kier alpha value is -0.930. The van der Waals surface area contributed by atoms with Gasteiger partial charge < -0.3 is 4.55 Å². The average molecular weight is 357 g/mol. The Balaban J connectivity index is 2.88. The zero-order chi connectivity index (χ0) is 17.0. The molecule has 2 atom stereocenters. The number of nitrogens with one attached hydrogen (secondary N) is 1. The number of hydrogen-bond donors (Lipinski definition) is 1. The van der Waals surface area contributed by atoms with Gasteiger partial charge in [-0.15, -0.1) is 0 Å². The number of para-hydroxylation sites is 1. The van der Waals surface area contributed by atoms with E-state index in [4.69, 9.17) is 0 Å². The summed E-state index contributed by atoms with van der Waals surface area (Å²) in [6.45, 7) is 3.25. The van der Waals surface area contributed by atoms with Crippen molar-refractivity contribution in [2.24, 2.45) is 5.92 Å². The molecule has 0 saturated carbocycles. The predicted molar refractivity (Wildman–Crippen MR) is 81.5 cm³/mol. The van der Waals surface area contributed by atoms with E-state index in [9.17, 15) is 26.1 Å². The number of halogens is 3. The Bertz CT molecular complexity index is 562. The summed E-state index contributed by atoms with van der Waals surface area (Å²) in [5.41, 5.74) is 0.165. The van der Waals surface area contributed by atoms with E-state index in [0.29, 0.717) is 0 Å². The highest BCUT2D eigenvalue weighted by molar-refractivity contribution is 7.96. The fourth-order valence-electron chi connectivity index (χ4n) is 1.69. The van der Waals surface area contributed by atoms with E-state index in [1.165, 1.54) is 12.1 Å². The van der Waals surface area contributed by atoms with E-state index in [1.807, 2.05) is 0 Å². The topological polar surface area (TPSA) is 69.2 Å². The SMILES string of the molecule is CC(C)C[S+]([O-])C(CS(=O)(=O)Nc1ccccc1)C(F)(F)F. The molecule has 9 heteroatoms. The largest absolute Gasteiger partial charge is 0.616 e. The van der Waals surface area contributed by atoms with Crippen LogP contribution >= 0.6 is 0 Å². The molecular formula is C13H18F3NO3S2. The van der Waals surface area contributed by atoms with Crippen molar-refractivity contribution < 1.29 is 26.1 Å². The molecule has 0 saturated heterocycles. The van der Waals surface area contributed by atoms with Crippen molar-refractivity contribution in [2.45, 2.75) is 25.3 Å². The van der Waals surface area contributed by atoms with Gasteiger partial charge in [0.1, 0.15) is 11.5 Å². The molecule has 1 rings (SSSR count). The summed E-state index contributed by atoms with van der Waals surface area (Å²) in [4.78, 5) is 0. The van der Waals surface area contributed by atoms with Crippen LogP contribution in [0.5, 0.6) is 0 Å². The van der Waals surface area contributed by atoms with Gasteiger partial charge in [0.2, 0.25) is 15.3 Å². The van der Waals surface area contributed by atoms with Crippen LogP contribution in [0.25, 0.3) is 0 Å². The van der Waals surface area contributed by atoms with E-state index >= 15 is 0 Å². The van der Waals surface area contributed by atoms with Crippen molar-refractivity contribution in [3.8, 4) is 0 Å². The molecule has 0 aromatic heterocycles. The number of hydrogen-bond acceptors (Lipinski definition) is 3. The molecule has 4 nitrogen and oxygen atoms in total. The Morgan fingerprint density at radius 1 is 1.23 bits per heavy atom. The second-order valence-electron chi connectivity index (χ2n) is 5.22. The van der Waals surface area contributed by atoms with Gasteiger partial charge in [0, 0.05) is 5.69 Å². The first-order valence-corrected chi connectivity index (χ1v) is 9.54. The van der Waals surface area contributed by atoms with Crippen molar-refractivity contribution in [1.29, 1.82) is 0 Å². The van der Waals surface area contributed by atoms with Crippen LogP contribution in [0.15, 0.2) is 30.3 Å². The minimum Gasteiger partial charge on any atom is -0.616 e. The van der Waals surface area contributed by atoms with Crippen LogP contribution in [0.2, 0.25) is 0 Å². The molecule has 0 amide bonds. The number of sulfonamides is 1. The molecule has 0 spiro atoms. The molecule has 0 radical (unpaired) electrons. The van der Waals surface area contributed by atoms with Gasteiger partial charge in [-0.25, -0.2) is 8.42 Å². The minimum absolute atomic E-state index is 0.165. The molecule has 22 heavy (non-hydrogen) atoms. The van der Waals surface area contributed by atoms with Crippen LogP contribution in [-0.2, 0) is 21.2 Å². The molecule has 0 fully saturated rings. The second-order valence-corrected chi connectivity index (χ2v) is 8.65. The summed E-state index contributed by atoms with van der Waals surface area (Å²) in [5.74, 6) is -1.69. The first-order valence-electron chi connectivity index (χ1n) is 6.50. The molecule has 0 aliphatic rings. The number of rotatable bonds is 7. The summed E-state index contributed by atoms with van der Waals surface area (Å²) in [6.07, 6.45) is -4.84. The normalized spacial score (nSPS) is 15.6. The van der Waals surface area contributed by atoms with Gasteiger partial charge in [0.05, 0.1) is 0 Å². The molecule has 1 aromatic carbocycles. The first-order chi connectivity index (χ1) is 10.0. The van der Waals surface area contributed by atoms with Crippen molar-refractivity contribution in [3.63, 3.8) is 0 Å². The highest BCUT2D eigenvalue weighted by Gasteiger charge is 2.50. The minimum atomic E-state index is -4.84. The zero-order valence-corrected chi connectivity index (χ0v) is 13.8. The van der Waals surface area contributed by atoms with Gasteiger partial charge in [-0.05, 0) is 29.2 Å². The van der Waals surface area contributed by atoms with E-state index in [-0.39, 0.29) is 17.4 Å². The maximum atomic E-state index is 13.0. The van der Waals surface area contributed by atoms with E-state index in [1.54, 1.807) is 32.0 Å². The fourth-order valence-corrected chi connectivity index (χ4v) is 5.19. The quantitative estimate of drug-likeness (QED) is 0.763. The number of alkyl halides is 3. The van der Waals surface area contributed by atoms with Crippen LogP contribution < -0.4 is 4.72 Å². The monoisotopic (exact) mass is 357 g/mol. The standard InChI is InChI=1S/C13H18F3NO3S2/c1-10(2)8-21(18)12(13(14,15)16)9-22(19,20)17-11-6-4-3-5-7-11/h3-7,10,12,17H,8-9H2,1-2H3. The lowest BCUT2D eigenvalue weighted by molar-refractivity contribution is -0.126. The predicted octanol–water partition coefficient (Wildman–Crippen LogP) is 2.76. The van der Waals surface area contributed by atoms with Gasteiger partial charge in [0.25, 0.3) is 0 Å². The highest BCUT2D eigenvalue weighted by Crippen LogP contribution is 2.29. The fraction of sp³-hybridized carbons (Fsp3) is 0.538. The number of anilines is 1. The summed E-state index contributed by atoms with van der Waals surface area (Å²) in [5, 5.41) is -2.41. The molecule has 2 unspecified atom stereocenters. The van der Waals surface area contributed by atoms with Crippen molar-refractivity contribution >= 4 is 26.9 Å². The van der Waals surface area contributed by atoms with Crippen molar-refractivity contribution in [3.05, 3.63) is 30.3 Å². The summed E-state index contributed by atoms with van der Waals surface area (Å²) < 4.78 is 76.7. The van der Waals surface area contributed by atoms with Crippen LogP contribution in [0.4, 0.5) is 18.9 Å². The van der Waals surface area contributed by atoms with Crippen molar-refractivity contribution in [1.82, 2.24) is 0 Å². The smallest absolute Gasteiger partial charge is 0.437 e. The molecule has 0 bridgehead atoms. The zero-order valence-electron chi connectivity index (χ0n) is 12.1. The lowest BCUT2D eigenvalue weighted by atomic mass is 10.3. The Morgan fingerprint density at radius 3 is 2.23 bits per heavy atom. The maximum absolute atomic E-state index is 13.0. The first kappa shape index (κ1) is 19.1. The summed E-state index contributed by atoms with van der Waals surface area (Å²) in [7, 11) is -4.26. The Labute approximate surface area is 131 Å². The lowest BCUT2D eigenvalue weighted by Crippen LogP contribution is -2.45.